The lowest BCUT2D eigenvalue weighted by Crippen LogP contribution is -2.12. The number of nitrogens with zero attached hydrogens (tertiary/aromatic N) is 3. The van der Waals surface area contributed by atoms with E-state index in [1.54, 1.807) is 0 Å². The molecule has 2 aromatic rings. The second kappa shape index (κ2) is 5.85. The third-order valence-electron chi connectivity index (χ3n) is 2.80. The van der Waals surface area contributed by atoms with Crippen molar-refractivity contribution in [3.05, 3.63) is 45.8 Å². The van der Waals surface area contributed by atoms with Crippen LogP contribution in [0.5, 0.6) is 0 Å². The first-order chi connectivity index (χ1) is 9.52. The lowest BCUT2D eigenvalue weighted by atomic mass is 10.1. The summed E-state index contributed by atoms with van der Waals surface area (Å²) in [4.78, 5) is 19.2. The van der Waals surface area contributed by atoms with Gasteiger partial charge in [0.25, 0.3) is 0 Å². The molecule has 1 aromatic carbocycles. The standard InChI is InChI=1S/C12H13N5O2S/c1-7-3-4-9(5-8(7)2)20-12-10(17(18)19)11(16-13)14-6-15-12/h3-6H,13H2,1-2H3,(H,14,15,16). The Morgan fingerprint density at radius 2 is 2.05 bits per heavy atom. The van der Waals surface area contributed by atoms with E-state index in [-0.39, 0.29) is 16.5 Å². The Kier molecular flexibility index (Phi) is 4.16. The highest BCUT2D eigenvalue weighted by molar-refractivity contribution is 7.99. The number of benzene rings is 1. The zero-order chi connectivity index (χ0) is 14.7. The van der Waals surface area contributed by atoms with Gasteiger partial charge in [-0.15, -0.1) is 0 Å². The summed E-state index contributed by atoms with van der Waals surface area (Å²) in [5.74, 6) is 5.24. The Labute approximate surface area is 119 Å². The number of rotatable bonds is 4. The van der Waals surface area contributed by atoms with E-state index in [9.17, 15) is 10.1 Å². The minimum absolute atomic E-state index is 0.00339. The van der Waals surface area contributed by atoms with Crippen molar-refractivity contribution in [2.45, 2.75) is 23.8 Å². The van der Waals surface area contributed by atoms with E-state index in [2.05, 4.69) is 15.4 Å². The Morgan fingerprint density at radius 3 is 2.65 bits per heavy atom. The molecule has 20 heavy (non-hydrogen) atoms. The topological polar surface area (TPSA) is 107 Å². The van der Waals surface area contributed by atoms with Crippen LogP contribution in [0, 0.1) is 24.0 Å². The van der Waals surface area contributed by atoms with Crippen molar-refractivity contribution < 1.29 is 4.92 Å². The molecular weight excluding hydrogens is 278 g/mol. The van der Waals surface area contributed by atoms with Crippen molar-refractivity contribution >= 4 is 23.3 Å². The van der Waals surface area contributed by atoms with Gasteiger partial charge in [-0.25, -0.2) is 15.8 Å². The molecule has 7 nitrogen and oxygen atoms in total. The van der Waals surface area contributed by atoms with Crippen LogP contribution in [0.25, 0.3) is 0 Å². The molecule has 0 aliphatic rings. The lowest BCUT2D eigenvalue weighted by molar-refractivity contribution is -0.387. The fraction of sp³-hybridized carbons (Fsp3) is 0.167. The average Bonchev–Trinajstić information content (AvgIpc) is 2.42. The van der Waals surface area contributed by atoms with Crippen LogP contribution in [0.4, 0.5) is 11.5 Å². The predicted octanol–water partition coefficient (Wildman–Crippen LogP) is 2.44. The summed E-state index contributed by atoms with van der Waals surface area (Å²) < 4.78 is 0. The van der Waals surface area contributed by atoms with Crippen LogP contribution >= 0.6 is 11.8 Å². The summed E-state index contributed by atoms with van der Waals surface area (Å²) in [6.45, 7) is 3.99. The Morgan fingerprint density at radius 1 is 1.30 bits per heavy atom. The Balaban J connectivity index is 2.42. The van der Waals surface area contributed by atoms with Crippen molar-refractivity contribution in [3.63, 3.8) is 0 Å². The molecule has 8 heteroatoms. The summed E-state index contributed by atoms with van der Waals surface area (Å²) in [7, 11) is 0. The van der Waals surface area contributed by atoms with E-state index < -0.39 is 4.92 Å². The second-order valence-electron chi connectivity index (χ2n) is 4.13. The van der Waals surface area contributed by atoms with Crippen LogP contribution in [-0.2, 0) is 0 Å². The van der Waals surface area contributed by atoms with Crippen LogP contribution < -0.4 is 11.3 Å². The van der Waals surface area contributed by atoms with Crippen LogP contribution in [-0.4, -0.2) is 14.9 Å². The molecule has 0 amide bonds. The molecule has 0 radical (unpaired) electrons. The highest BCUT2D eigenvalue weighted by Crippen LogP contribution is 2.36. The number of nitrogens with two attached hydrogens (primary N) is 1. The maximum Gasteiger partial charge on any atom is 0.344 e. The molecule has 0 atom stereocenters. The highest BCUT2D eigenvalue weighted by atomic mass is 32.2. The van der Waals surface area contributed by atoms with Gasteiger partial charge in [0.15, 0.2) is 5.03 Å². The number of anilines is 1. The van der Waals surface area contributed by atoms with Gasteiger partial charge < -0.3 is 5.43 Å². The van der Waals surface area contributed by atoms with Gasteiger partial charge in [0.05, 0.1) is 4.92 Å². The van der Waals surface area contributed by atoms with Crippen LogP contribution in [0.1, 0.15) is 11.1 Å². The maximum absolute atomic E-state index is 11.1. The van der Waals surface area contributed by atoms with E-state index in [1.807, 2.05) is 32.0 Å². The van der Waals surface area contributed by atoms with Crippen LogP contribution in [0.2, 0.25) is 0 Å². The van der Waals surface area contributed by atoms with Gasteiger partial charge in [0.1, 0.15) is 6.33 Å². The van der Waals surface area contributed by atoms with Crippen LogP contribution in [0.15, 0.2) is 34.4 Å². The van der Waals surface area contributed by atoms with E-state index in [0.717, 1.165) is 16.0 Å². The molecule has 0 aliphatic heterocycles. The van der Waals surface area contributed by atoms with Gasteiger partial charge >= 0.3 is 5.69 Å². The lowest BCUT2D eigenvalue weighted by Gasteiger charge is -2.06. The first kappa shape index (κ1) is 14.2. The summed E-state index contributed by atoms with van der Waals surface area (Å²) >= 11 is 1.21. The second-order valence-corrected chi connectivity index (χ2v) is 5.19. The van der Waals surface area contributed by atoms with E-state index >= 15 is 0 Å². The molecule has 1 heterocycles. The van der Waals surface area contributed by atoms with Gasteiger partial charge in [-0.05, 0) is 37.1 Å². The first-order valence-electron chi connectivity index (χ1n) is 5.74. The summed E-state index contributed by atoms with van der Waals surface area (Å²) in [6.07, 6.45) is 1.24. The third-order valence-corrected chi connectivity index (χ3v) is 3.78. The fourth-order valence-electron chi connectivity index (χ4n) is 1.60. The molecule has 0 spiro atoms. The molecule has 104 valence electrons. The van der Waals surface area contributed by atoms with Crippen molar-refractivity contribution in [3.8, 4) is 0 Å². The van der Waals surface area contributed by atoms with Crippen molar-refractivity contribution in [2.75, 3.05) is 5.43 Å². The number of hydrazine groups is 1. The molecule has 0 unspecified atom stereocenters. The Bertz CT molecular complexity index is 662. The van der Waals surface area contributed by atoms with Crippen molar-refractivity contribution in [1.82, 2.24) is 9.97 Å². The normalized spacial score (nSPS) is 10.3. The summed E-state index contributed by atoms with van der Waals surface area (Å²) in [5.41, 5.74) is 4.27. The third kappa shape index (κ3) is 2.86. The van der Waals surface area contributed by atoms with Crippen molar-refractivity contribution in [1.29, 1.82) is 0 Å². The minimum atomic E-state index is -0.543. The number of nitro groups is 1. The molecule has 0 saturated heterocycles. The fourth-order valence-corrected chi connectivity index (χ4v) is 2.56. The number of hydrogen-bond donors (Lipinski definition) is 2. The molecule has 1 aromatic heterocycles. The van der Waals surface area contributed by atoms with Gasteiger partial charge in [-0.3, -0.25) is 10.1 Å². The molecule has 0 saturated carbocycles. The van der Waals surface area contributed by atoms with Gasteiger partial charge in [0.2, 0.25) is 5.82 Å². The van der Waals surface area contributed by atoms with E-state index in [4.69, 9.17) is 5.84 Å². The van der Waals surface area contributed by atoms with Gasteiger partial charge in [0, 0.05) is 4.90 Å². The molecule has 2 rings (SSSR count). The first-order valence-corrected chi connectivity index (χ1v) is 6.55. The van der Waals surface area contributed by atoms with Gasteiger partial charge in [-0.2, -0.15) is 0 Å². The Hall–Kier alpha value is -2.19. The molecule has 0 bridgehead atoms. The van der Waals surface area contributed by atoms with E-state index in [0.29, 0.717) is 0 Å². The summed E-state index contributed by atoms with van der Waals surface area (Å²) in [5, 5.41) is 11.4. The zero-order valence-electron chi connectivity index (χ0n) is 11.0. The van der Waals surface area contributed by atoms with E-state index in [1.165, 1.54) is 18.1 Å². The molecule has 0 aliphatic carbocycles. The smallest absolute Gasteiger partial charge is 0.303 e. The molecular formula is C12H13N5O2S. The SMILES string of the molecule is Cc1ccc(Sc2ncnc(NN)c2[N+](=O)[O-])cc1C. The monoisotopic (exact) mass is 291 g/mol. The quantitative estimate of drug-likeness (QED) is 0.385. The number of nitrogens with one attached hydrogen (secondary N) is 1. The maximum atomic E-state index is 11.1. The zero-order valence-corrected chi connectivity index (χ0v) is 11.8. The van der Waals surface area contributed by atoms with Gasteiger partial charge in [-0.1, -0.05) is 17.8 Å². The number of aryl methyl sites for hydroxylation is 2. The molecule has 0 fully saturated rings. The number of aromatic nitrogens is 2. The minimum Gasteiger partial charge on any atom is -0.303 e. The summed E-state index contributed by atoms with van der Waals surface area (Å²) in [6, 6.07) is 5.82. The largest absolute Gasteiger partial charge is 0.344 e. The van der Waals surface area contributed by atoms with Crippen molar-refractivity contribution in [2.24, 2.45) is 5.84 Å². The highest BCUT2D eigenvalue weighted by Gasteiger charge is 2.23. The van der Waals surface area contributed by atoms with Crippen LogP contribution in [0.3, 0.4) is 0 Å². The number of nitrogen functional groups attached to an aromatic ring is 1. The molecule has 3 N–H and O–H groups in total. The number of hydrogen-bond acceptors (Lipinski definition) is 7. The predicted molar refractivity (Wildman–Crippen MR) is 76.5 cm³/mol. The average molecular weight is 291 g/mol.